The molecule has 5 nitrogen and oxygen atoms in total. The summed E-state index contributed by atoms with van der Waals surface area (Å²) in [5.41, 5.74) is 8.85. The number of benzene rings is 1. The van der Waals surface area contributed by atoms with E-state index in [1.807, 2.05) is 28.9 Å². The Kier molecular flexibility index (Phi) is 2.26. The van der Waals surface area contributed by atoms with Crippen LogP contribution in [0, 0.1) is 0 Å². The quantitative estimate of drug-likeness (QED) is 0.850. The lowest BCUT2D eigenvalue weighted by molar-refractivity contribution is 0.131. The Balaban J connectivity index is 2.06. The lowest BCUT2D eigenvalue weighted by atomic mass is 10.2. The number of rotatable bonds is 2. The second-order valence-corrected chi connectivity index (χ2v) is 3.91. The van der Waals surface area contributed by atoms with E-state index in [4.69, 9.17) is 15.2 Å². The van der Waals surface area contributed by atoms with E-state index in [0.29, 0.717) is 19.0 Å². The molecular formula is C12H13N3O2. The Morgan fingerprint density at radius 3 is 2.76 bits per heavy atom. The summed E-state index contributed by atoms with van der Waals surface area (Å²) in [5.74, 6) is 1.37. The molecule has 5 heteroatoms. The van der Waals surface area contributed by atoms with Gasteiger partial charge in [-0.3, -0.25) is 0 Å². The van der Waals surface area contributed by atoms with Crippen molar-refractivity contribution >= 4 is 5.82 Å². The van der Waals surface area contributed by atoms with Gasteiger partial charge in [-0.25, -0.2) is 4.68 Å². The number of hydrogen-bond donors (Lipinski definition) is 1. The molecule has 0 unspecified atom stereocenters. The molecule has 1 aromatic carbocycles. The molecular weight excluding hydrogens is 218 g/mol. The van der Waals surface area contributed by atoms with E-state index >= 15 is 0 Å². The van der Waals surface area contributed by atoms with Crippen molar-refractivity contribution in [2.45, 2.75) is 13.2 Å². The van der Waals surface area contributed by atoms with Crippen molar-refractivity contribution in [1.29, 1.82) is 0 Å². The molecule has 2 aromatic rings. The third-order valence-corrected chi connectivity index (χ3v) is 2.92. The summed E-state index contributed by atoms with van der Waals surface area (Å²) < 4.78 is 12.3. The number of aromatic nitrogens is 2. The van der Waals surface area contributed by atoms with Crippen LogP contribution in [0.2, 0.25) is 0 Å². The molecule has 0 saturated heterocycles. The molecule has 0 radical (unpaired) electrons. The van der Waals surface area contributed by atoms with Crippen molar-refractivity contribution in [2.24, 2.45) is 0 Å². The van der Waals surface area contributed by atoms with Crippen LogP contribution in [0.5, 0.6) is 5.75 Å². The number of ether oxygens (including phenoxy) is 2. The monoisotopic (exact) mass is 231 g/mol. The van der Waals surface area contributed by atoms with Gasteiger partial charge in [0.25, 0.3) is 0 Å². The molecule has 2 N–H and O–H groups in total. The van der Waals surface area contributed by atoms with Gasteiger partial charge in [0.05, 0.1) is 31.7 Å². The minimum absolute atomic E-state index is 0.549. The Hall–Kier alpha value is -2.01. The number of nitrogens with two attached hydrogens (primary N) is 1. The first-order chi connectivity index (χ1) is 8.29. The topological polar surface area (TPSA) is 62.3 Å². The van der Waals surface area contributed by atoms with Gasteiger partial charge in [-0.05, 0) is 24.3 Å². The normalized spacial score (nSPS) is 13.7. The molecule has 0 amide bonds. The first-order valence-corrected chi connectivity index (χ1v) is 5.38. The fraction of sp³-hybridized carbons (Fsp3) is 0.250. The molecule has 17 heavy (non-hydrogen) atoms. The second kappa shape index (κ2) is 3.78. The van der Waals surface area contributed by atoms with Crippen LogP contribution in [-0.2, 0) is 18.0 Å². The third kappa shape index (κ3) is 1.55. The maximum atomic E-state index is 5.85. The van der Waals surface area contributed by atoms with Crippen molar-refractivity contribution in [3.05, 3.63) is 35.5 Å². The maximum Gasteiger partial charge on any atom is 0.151 e. The van der Waals surface area contributed by atoms with Crippen molar-refractivity contribution in [3.8, 4) is 11.4 Å². The molecule has 0 bridgehead atoms. The molecule has 0 saturated carbocycles. The standard InChI is InChI=1S/C12H13N3O2/c1-16-9-4-2-8(3-5-9)15-11-7-17-6-10(11)12(13)14-15/h2-5H,6-7H2,1H3,(H2,13,14). The summed E-state index contributed by atoms with van der Waals surface area (Å²) in [4.78, 5) is 0. The predicted molar refractivity (Wildman–Crippen MR) is 63.0 cm³/mol. The highest BCUT2D eigenvalue weighted by Gasteiger charge is 2.22. The molecule has 0 aliphatic carbocycles. The average Bonchev–Trinajstić information content (AvgIpc) is 2.94. The minimum Gasteiger partial charge on any atom is -0.497 e. The Morgan fingerprint density at radius 2 is 2.06 bits per heavy atom. The summed E-state index contributed by atoms with van der Waals surface area (Å²) >= 11 is 0. The van der Waals surface area contributed by atoms with Crippen LogP contribution in [-0.4, -0.2) is 16.9 Å². The zero-order chi connectivity index (χ0) is 11.8. The number of nitrogens with zero attached hydrogens (tertiary/aromatic N) is 2. The number of fused-ring (bicyclic) bond motifs is 1. The zero-order valence-corrected chi connectivity index (χ0v) is 9.51. The van der Waals surface area contributed by atoms with E-state index in [9.17, 15) is 0 Å². The van der Waals surface area contributed by atoms with Gasteiger partial charge in [0.1, 0.15) is 5.75 Å². The number of hydrogen-bond acceptors (Lipinski definition) is 4. The lowest BCUT2D eigenvalue weighted by Crippen LogP contribution is -2.02. The van der Waals surface area contributed by atoms with Crippen LogP contribution in [0.3, 0.4) is 0 Å². The highest BCUT2D eigenvalue weighted by Crippen LogP contribution is 2.27. The fourth-order valence-corrected chi connectivity index (χ4v) is 2.00. The summed E-state index contributed by atoms with van der Waals surface area (Å²) in [5, 5.41) is 4.33. The first kappa shape index (κ1) is 10.2. The lowest BCUT2D eigenvalue weighted by Gasteiger charge is -2.06. The number of methoxy groups -OCH3 is 1. The molecule has 88 valence electrons. The van der Waals surface area contributed by atoms with Crippen LogP contribution >= 0.6 is 0 Å². The summed E-state index contributed by atoms with van der Waals surface area (Å²) in [6.45, 7) is 1.11. The SMILES string of the molecule is COc1ccc(-n2nc(N)c3c2COC3)cc1. The second-order valence-electron chi connectivity index (χ2n) is 3.91. The molecule has 1 aromatic heterocycles. The van der Waals surface area contributed by atoms with Crippen LogP contribution in [0.15, 0.2) is 24.3 Å². The molecule has 2 heterocycles. The highest BCUT2D eigenvalue weighted by atomic mass is 16.5. The zero-order valence-electron chi connectivity index (χ0n) is 9.51. The fourth-order valence-electron chi connectivity index (χ4n) is 2.00. The van der Waals surface area contributed by atoms with Gasteiger partial charge >= 0.3 is 0 Å². The van der Waals surface area contributed by atoms with Crippen molar-refractivity contribution in [3.63, 3.8) is 0 Å². The summed E-state index contributed by atoms with van der Waals surface area (Å²) in [6.07, 6.45) is 0. The molecule has 0 atom stereocenters. The van der Waals surface area contributed by atoms with E-state index in [-0.39, 0.29) is 0 Å². The summed E-state index contributed by atoms with van der Waals surface area (Å²) in [7, 11) is 1.65. The Labute approximate surface area is 98.8 Å². The van der Waals surface area contributed by atoms with Crippen LogP contribution in [0.4, 0.5) is 5.82 Å². The van der Waals surface area contributed by atoms with E-state index in [0.717, 1.165) is 22.7 Å². The Bertz CT molecular complexity index is 546. The number of nitrogen functional groups attached to an aromatic ring is 1. The van der Waals surface area contributed by atoms with Gasteiger partial charge in [-0.15, -0.1) is 5.10 Å². The van der Waals surface area contributed by atoms with E-state index < -0.39 is 0 Å². The van der Waals surface area contributed by atoms with E-state index in [2.05, 4.69) is 5.10 Å². The van der Waals surface area contributed by atoms with Gasteiger partial charge < -0.3 is 15.2 Å². The highest BCUT2D eigenvalue weighted by molar-refractivity contribution is 5.48. The van der Waals surface area contributed by atoms with Gasteiger partial charge in [0.15, 0.2) is 5.82 Å². The van der Waals surface area contributed by atoms with Crippen molar-refractivity contribution < 1.29 is 9.47 Å². The van der Waals surface area contributed by atoms with Crippen molar-refractivity contribution in [2.75, 3.05) is 12.8 Å². The van der Waals surface area contributed by atoms with E-state index in [1.54, 1.807) is 7.11 Å². The van der Waals surface area contributed by atoms with Gasteiger partial charge in [-0.1, -0.05) is 0 Å². The van der Waals surface area contributed by atoms with Crippen LogP contribution in [0.1, 0.15) is 11.3 Å². The van der Waals surface area contributed by atoms with Crippen molar-refractivity contribution in [1.82, 2.24) is 9.78 Å². The van der Waals surface area contributed by atoms with Crippen LogP contribution in [0.25, 0.3) is 5.69 Å². The van der Waals surface area contributed by atoms with Gasteiger partial charge in [-0.2, -0.15) is 0 Å². The van der Waals surface area contributed by atoms with Crippen LogP contribution < -0.4 is 10.5 Å². The Morgan fingerprint density at radius 1 is 1.29 bits per heavy atom. The average molecular weight is 231 g/mol. The minimum atomic E-state index is 0.549. The van der Waals surface area contributed by atoms with Gasteiger partial charge in [0, 0.05) is 5.56 Å². The molecule has 0 fully saturated rings. The molecule has 1 aliphatic rings. The molecule has 3 rings (SSSR count). The summed E-state index contributed by atoms with van der Waals surface area (Å²) in [6, 6.07) is 7.69. The number of anilines is 1. The van der Waals surface area contributed by atoms with Gasteiger partial charge in [0.2, 0.25) is 0 Å². The molecule has 0 spiro atoms. The maximum absolute atomic E-state index is 5.85. The first-order valence-electron chi connectivity index (χ1n) is 5.38. The molecule has 1 aliphatic heterocycles. The smallest absolute Gasteiger partial charge is 0.151 e. The largest absolute Gasteiger partial charge is 0.497 e. The third-order valence-electron chi connectivity index (χ3n) is 2.92. The van der Waals surface area contributed by atoms with E-state index in [1.165, 1.54) is 0 Å². The predicted octanol–water partition coefficient (Wildman–Crippen LogP) is 1.49.